The van der Waals surface area contributed by atoms with E-state index in [1.165, 1.54) is 5.56 Å². The lowest BCUT2D eigenvalue weighted by molar-refractivity contribution is 0.221. The lowest BCUT2D eigenvalue weighted by Gasteiger charge is -2.17. The van der Waals surface area contributed by atoms with Crippen LogP contribution in [0.3, 0.4) is 0 Å². The number of aryl methyl sites for hydroxylation is 2. The van der Waals surface area contributed by atoms with E-state index in [9.17, 15) is 4.79 Å². The van der Waals surface area contributed by atoms with Gasteiger partial charge in [-0.3, -0.25) is 10.00 Å². The highest BCUT2D eigenvalue weighted by Crippen LogP contribution is 2.27. The van der Waals surface area contributed by atoms with Crippen molar-refractivity contribution >= 4 is 11.8 Å². The number of carbonyl (C=O) groups excluding carboxylic acids is 1. The minimum atomic E-state index is -0.0516. The lowest BCUT2D eigenvalue weighted by atomic mass is 10.0. The second kappa shape index (κ2) is 6.21. The largest absolute Gasteiger partial charge is 0.324 e. The van der Waals surface area contributed by atoms with Crippen LogP contribution in [-0.2, 0) is 13.6 Å². The van der Waals surface area contributed by atoms with Gasteiger partial charge in [0, 0.05) is 44.9 Å². The van der Waals surface area contributed by atoms with E-state index in [1.807, 2.05) is 35.1 Å². The molecule has 1 saturated heterocycles. The maximum atomic E-state index is 12.4. The smallest absolute Gasteiger partial charge is 0.323 e. The summed E-state index contributed by atoms with van der Waals surface area (Å²) in [7, 11) is 1.91. The molecule has 22 heavy (non-hydrogen) atoms. The van der Waals surface area contributed by atoms with Crippen LogP contribution in [0.15, 0.2) is 24.7 Å². The summed E-state index contributed by atoms with van der Waals surface area (Å²) in [6.07, 6.45) is 7.60. The number of hydrogen-bond donors (Lipinski definition) is 1. The van der Waals surface area contributed by atoms with Crippen LogP contribution in [0.25, 0.3) is 0 Å². The average molecular weight is 302 g/mol. The van der Waals surface area contributed by atoms with Crippen LogP contribution in [0.5, 0.6) is 0 Å². The normalized spacial score (nSPS) is 17.9. The molecule has 0 unspecified atom stereocenters. The molecule has 0 aromatic carbocycles. The quantitative estimate of drug-likeness (QED) is 0.940. The zero-order valence-corrected chi connectivity index (χ0v) is 13.1. The molecule has 1 N–H and O–H groups in total. The number of hydrogen-bond acceptors (Lipinski definition) is 3. The highest BCUT2D eigenvalue weighted by atomic mass is 16.2. The van der Waals surface area contributed by atoms with Crippen molar-refractivity contribution < 1.29 is 4.79 Å². The van der Waals surface area contributed by atoms with Crippen LogP contribution in [-0.4, -0.2) is 43.6 Å². The first-order valence-electron chi connectivity index (χ1n) is 7.73. The summed E-state index contributed by atoms with van der Waals surface area (Å²) in [4.78, 5) is 14.3. The molecule has 0 radical (unpaired) electrons. The van der Waals surface area contributed by atoms with Gasteiger partial charge in [0.15, 0.2) is 0 Å². The maximum Gasteiger partial charge on any atom is 0.323 e. The number of anilines is 1. The molecule has 2 aromatic rings. The highest BCUT2D eigenvalue weighted by molar-refractivity contribution is 5.88. The Kier molecular flexibility index (Phi) is 4.13. The molecular formula is C15H22N6O. The number of likely N-dealkylation sites (tertiary alicyclic amines) is 1. The van der Waals surface area contributed by atoms with E-state index >= 15 is 0 Å². The lowest BCUT2D eigenvalue weighted by Crippen LogP contribution is -2.33. The standard InChI is InChI=1S/C15H22N6O/c1-3-7-21-14(4-6-16-21)18-15(22)20-8-5-12(11-20)13-9-17-19(2)10-13/h4,6,9-10,12H,3,5,7-8,11H2,1-2H3,(H,18,22)/t12-/m0/s1. The van der Waals surface area contributed by atoms with E-state index in [4.69, 9.17) is 0 Å². The number of amides is 2. The summed E-state index contributed by atoms with van der Waals surface area (Å²) in [5.41, 5.74) is 1.20. The average Bonchev–Trinajstić information content (AvgIpc) is 3.20. The second-order valence-corrected chi connectivity index (χ2v) is 5.75. The van der Waals surface area contributed by atoms with Crippen molar-refractivity contribution in [2.24, 2.45) is 7.05 Å². The van der Waals surface area contributed by atoms with Gasteiger partial charge >= 0.3 is 6.03 Å². The van der Waals surface area contributed by atoms with Gasteiger partial charge in [-0.2, -0.15) is 10.2 Å². The minimum absolute atomic E-state index is 0.0516. The molecular weight excluding hydrogens is 280 g/mol. The third-order valence-corrected chi connectivity index (χ3v) is 4.06. The molecule has 3 rings (SSSR count). The number of nitrogens with zero attached hydrogens (tertiary/aromatic N) is 5. The van der Waals surface area contributed by atoms with Crippen LogP contribution < -0.4 is 5.32 Å². The molecule has 1 aliphatic rings. The Bertz CT molecular complexity index is 646. The Morgan fingerprint density at radius 2 is 2.32 bits per heavy atom. The first kappa shape index (κ1) is 14.6. The van der Waals surface area contributed by atoms with Crippen molar-refractivity contribution in [2.75, 3.05) is 18.4 Å². The molecule has 7 nitrogen and oxygen atoms in total. The van der Waals surface area contributed by atoms with Gasteiger partial charge in [-0.15, -0.1) is 0 Å². The summed E-state index contributed by atoms with van der Waals surface area (Å²) in [5.74, 6) is 1.14. The summed E-state index contributed by atoms with van der Waals surface area (Å²) >= 11 is 0. The Morgan fingerprint density at radius 1 is 1.45 bits per heavy atom. The predicted molar refractivity (Wildman–Crippen MR) is 83.7 cm³/mol. The van der Waals surface area contributed by atoms with Crippen LogP contribution >= 0.6 is 0 Å². The van der Waals surface area contributed by atoms with Gasteiger partial charge in [-0.05, 0) is 18.4 Å². The summed E-state index contributed by atoms with van der Waals surface area (Å²) in [6, 6.07) is 1.78. The molecule has 1 fully saturated rings. The highest BCUT2D eigenvalue weighted by Gasteiger charge is 2.28. The fourth-order valence-electron chi connectivity index (χ4n) is 2.89. The molecule has 0 spiro atoms. The molecule has 0 bridgehead atoms. The van der Waals surface area contributed by atoms with Crippen molar-refractivity contribution in [1.29, 1.82) is 0 Å². The Labute approximate surface area is 129 Å². The minimum Gasteiger partial charge on any atom is -0.324 e. The molecule has 2 aromatic heterocycles. The van der Waals surface area contributed by atoms with E-state index in [0.29, 0.717) is 5.92 Å². The van der Waals surface area contributed by atoms with Crippen LogP contribution in [0, 0.1) is 0 Å². The Balaban J connectivity index is 1.60. The third-order valence-electron chi connectivity index (χ3n) is 4.06. The fourth-order valence-corrected chi connectivity index (χ4v) is 2.89. The third kappa shape index (κ3) is 2.98. The topological polar surface area (TPSA) is 68.0 Å². The molecule has 2 amide bonds. The molecule has 0 aliphatic carbocycles. The van der Waals surface area contributed by atoms with E-state index in [-0.39, 0.29) is 6.03 Å². The second-order valence-electron chi connectivity index (χ2n) is 5.75. The van der Waals surface area contributed by atoms with Crippen LogP contribution in [0.4, 0.5) is 10.6 Å². The van der Waals surface area contributed by atoms with E-state index in [0.717, 1.165) is 38.3 Å². The van der Waals surface area contributed by atoms with E-state index < -0.39 is 0 Å². The van der Waals surface area contributed by atoms with Gasteiger partial charge in [-0.25, -0.2) is 9.48 Å². The van der Waals surface area contributed by atoms with E-state index in [1.54, 1.807) is 10.9 Å². The molecule has 1 aliphatic heterocycles. The van der Waals surface area contributed by atoms with Gasteiger partial charge in [0.1, 0.15) is 5.82 Å². The van der Waals surface area contributed by atoms with Gasteiger partial charge in [-0.1, -0.05) is 6.92 Å². The summed E-state index contributed by atoms with van der Waals surface area (Å²) in [5, 5.41) is 11.4. The van der Waals surface area contributed by atoms with Crippen LogP contribution in [0.2, 0.25) is 0 Å². The van der Waals surface area contributed by atoms with Gasteiger partial charge in [0.25, 0.3) is 0 Å². The zero-order chi connectivity index (χ0) is 15.5. The number of carbonyl (C=O) groups is 1. The first-order chi connectivity index (χ1) is 10.7. The number of rotatable bonds is 4. The zero-order valence-electron chi connectivity index (χ0n) is 13.1. The molecule has 3 heterocycles. The number of urea groups is 1. The Morgan fingerprint density at radius 3 is 3.05 bits per heavy atom. The summed E-state index contributed by atoms with van der Waals surface area (Å²) in [6.45, 7) is 4.40. The van der Waals surface area contributed by atoms with Crippen molar-refractivity contribution in [3.63, 3.8) is 0 Å². The van der Waals surface area contributed by atoms with Gasteiger partial charge < -0.3 is 4.90 Å². The summed E-state index contributed by atoms with van der Waals surface area (Å²) < 4.78 is 3.63. The first-order valence-corrected chi connectivity index (χ1v) is 7.73. The molecule has 0 saturated carbocycles. The number of aromatic nitrogens is 4. The molecule has 118 valence electrons. The maximum absolute atomic E-state index is 12.4. The van der Waals surface area contributed by atoms with Crippen molar-refractivity contribution in [1.82, 2.24) is 24.5 Å². The Hall–Kier alpha value is -2.31. The monoisotopic (exact) mass is 302 g/mol. The van der Waals surface area contributed by atoms with Crippen molar-refractivity contribution in [3.8, 4) is 0 Å². The van der Waals surface area contributed by atoms with Crippen molar-refractivity contribution in [2.45, 2.75) is 32.2 Å². The molecule has 7 heteroatoms. The van der Waals surface area contributed by atoms with Gasteiger partial charge in [0.2, 0.25) is 0 Å². The van der Waals surface area contributed by atoms with Gasteiger partial charge in [0.05, 0.1) is 12.4 Å². The predicted octanol–water partition coefficient (Wildman–Crippen LogP) is 2.05. The fraction of sp³-hybridized carbons (Fsp3) is 0.533. The van der Waals surface area contributed by atoms with Crippen LogP contribution in [0.1, 0.15) is 31.2 Å². The van der Waals surface area contributed by atoms with Crippen molar-refractivity contribution in [3.05, 3.63) is 30.2 Å². The number of nitrogens with one attached hydrogen (secondary N) is 1. The molecule has 1 atom stereocenters. The SMILES string of the molecule is CCCn1nccc1NC(=O)N1CC[C@H](c2cnn(C)c2)C1. The van der Waals surface area contributed by atoms with E-state index in [2.05, 4.69) is 22.4 Å².